The monoisotopic (exact) mass is 235 g/mol. The van der Waals surface area contributed by atoms with Crippen molar-refractivity contribution < 1.29 is 19.0 Å². The predicted octanol–water partition coefficient (Wildman–Crippen LogP) is 1.67. The van der Waals surface area contributed by atoms with Crippen molar-refractivity contribution in [3.63, 3.8) is 0 Å². The van der Waals surface area contributed by atoms with E-state index in [4.69, 9.17) is 10.8 Å². The quantitative estimate of drug-likeness (QED) is 0.624. The normalized spacial score (nSPS) is 17.3. The van der Waals surface area contributed by atoms with E-state index in [0.717, 1.165) is 6.42 Å². The number of hydrogen-bond acceptors (Lipinski definition) is 4. The van der Waals surface area contributed by atoms with Gasteiger partial charge in [0.1, 0.15) is 0 Å². The van der Waals surface area contributed by atoms with Crippen LogP contribution in [-0.2, 0) is 13.9 Å². The van der Waals surface area contributed by atoms with Crippen molar-refractivity contribution in [2.24, 2.45) is 17.6 Å². The van der Waals surface area contributed by atoms with Crippen LogP contribution in [0.1, 0.15) is 26.7 Å². The van der Waals surface area contributed by atoms with Crippen LogP contribution in [0.2, 0.25) is 0 Å². The molecule has 6 heteroatoms. The Kier molecular flexibility index (Phi) is 7.48. The molecule has 0 bridgehead atoms. The number of nitrogens with two attached hydrogens (primary N) is 1. The van der Waals surface area contributed by atoms with Crippen molar-refractivity contribution in [1.29, 1.82) is 0 Å². The maximum atomic E-state index is 10.8. The first kappa shape index (κ1) is 14.5. The lowest BCUT2D eigenvalue weighted by Gasteiger charge is -2.17. The average Bonchev–Trinajstić information content (AvgIpc) is 2.10. The summed E-state index contributed by atoms with van der Waals surface area (Å²) in [7, 11) is -0.476. The molecule has 3 atom stereocenters. The van der Waals surface area contributed by atoms with Crippen LogP contribution in [0.25, 0.3) is 0 Å². The number of carboxylic acids is 1. The number of aliphatic carboxylic acids is 1. The molecule has 0 spiro atoms. The second-order valence-electron chi connectivity index (χ2n) is 3.96. The van der Waals surface area contributed by atoms with E-state index < -0.39 is 20.6 Å². The molecule has 5 nitrogen and oxygen atoms in total. The molecule has 0 heterocycles. The van der Waals surface area contributed by atoms with Crippen LogP contribution >= 0.6 is 8.69 Å². The Morgan fingerprint density at radius 2 is 2.07 bits per heavy atom. The highest BCUT2D eigenvalue weighted by atomic mass is 31.1. The molecule has 0 aromatic heterocycles. The Morgan fingerprint density at radius 1 is 1.47 bits per heavy atom. The molecule has 0 rings (SSSR count). The molecular formula is C9H18NO4P. The molecule has 0 aromatic carbocycles. The second kappa shape index (κ2) is 7.74. The number of carboxylic acid groups (broad SMARTS) is 1. The van der Waals surface area contributed by atoms with Gasteiger partial charge in [0.25, 0.3) is 0 Å². The van der Waals surface area contributed by atoms with Gasteiger partial charge in [-0.1, -0.05) is 6.92 Å². The van der Waals surface area contributed by atoms with Crippen molar-refractivity contribution >= 4 is 14.7 Å². The van der Waals surface area contributed by atoms with Gasteiger partial charge in [-0.15, -0.1) is 0 Å². The minimum atomic E-state index is -0.921. The van der Waals surface area contributed by atoms with Gasteiger partial charge in [0.2, 0.25) is 0 Å². The molecule has 88 valence electrons. The highest BCUT2D eigenvalue weighted by molar-refractivity contribution is 7.17. The Bertz CT molecular complexity index is 210. The van der Waals surface area contributed by atoms with E-state index >= 15 is 0 Å². The van der Waals surface area contributed by atoms with Crippen LogP contribution in [0.15, 0.2) is 0 Å². The fraction of sp³-hybridized carbons (Fsp3) is 0.889. The van der Waals surface area contributed by atoms with Crippen LogP contribution in [0.5, 0.6) is 0 Å². The molecule has 0 amide bonds. The molecule has 3 N–H and O–H groups in total. The topological polar surface area (TPSA) is 89.6 Å². The molecule has 0 fully saturated rings. The van der Waals surface area contributed by atoms with E-state index in [1.807, 2.05) is 13.8 Å². The van der Waals surface area contributed by atoms with E-state index in [2.05, 4.69) is 4.52 Å². The summed E-state index contributed by atoms with van der Waals surface area (Å²) >= 11 is 0. The number of rotatable bonds is 8. The summed E-state index contributed by atoms with van der Waals surface area (Å²) in [5, 5.41) is 8.87. The van der Waals surface area contributed by atoms with E-state index in [-0.39, 0.29) is 18.6 Å². The fourth-order valence-electron chi connectivity index (χ4n) is 1.58. The molecule has 0 saturated carbocycles. The summed E-state index contributed by atoms with van der Waals surface area (Å²) in [5.41, 5.74) is 5.62. The summed E-state index contributed by atoms with van der Waals surface area (Å²) < 4.78 is 14.6. The van der Waals surface area contributed by atoms with Crippen molar-refractivity contribution in [3.05, 3.63) is 0 Å². The van der Waals surface area contributed by atoms with Gasteiger partial charge in [0.05, 0.1) is 12.5 Å². The van der Waals surface area contributed by atoms with Crippen molar-refractivity contribution in [3.8, 4) is 0 Å². The van der Waals surface area contributed by atoms with Gasteiger partial charge in [0.15, 0.2) is 0 Å². The first-order chi connectivity index (χ1) is 6.97. The Labute approximate surface area is 91.3 Å². The highest BCUT2D eigenvalue weighted by Crippen LogP contribution is 2.18. The third-order valence-corrected chi connectivity index (χ3v) is 2.39. The molecule has 3 unspecified atom stereocenters. The van der Waals surface area contributed by atoms with Gasteiger partial charge in [0, 0.05) is 6.04 Å². The predicted molar refractivity (Wildman–Crippen MR) is 56.7 cm³/mol. The van der Waals surface area contributed by atoms with Gasteiger partial charge in [-0.2, -0.15) is 0 Å². The third-order valence-electron chi connectivity index (χ3n) is 2.14. The average molecular weight is 235 g/mol. The van der Waals surface area contributed by atoms with Crippen molar-refractivity contribution in [2.45, 2.75) is 32.7 Å². The van der Waals surface area contributed by atoms with Crippen molar-refractivity contribution in [2.75, 3.05) is 6.61 Å². The van der Waals surface area contributed by atoms with Crippen molar-refractivity contribution in [1.82, 2.24) is 0 Å². The standard InChI is InChI=1S/C9H18NO4P/c1-6(3-7(2)10)4-8(9(11)12)5-14-15-13/h6-8H,3-5,10H2,1-2H3,(H,11,12). The third kappa shape index (κ3) is 7.42. The summed E-state index contributed by atoms with van der Waals surface area (Å²) in [6.07, 6.45) is 1.27. The van der Waals surface area contributed by atoms with Gasteiger partial charge in [-0.05, 0) is 25.7 Å². The zero-order chi connectivity index (χ0) is 11.8. The zero-order valence-electron chi connectivity index (χ0n) is 9.05. The van der Waals surface area contributed by atoms with E-state index in [0.29, 0.717) is 6.42 Å². The Balaban J connectivity index is 4.03. The van der Waals surface area contributed by atoms with Gasteiger partial charge in [-0.25, -0.2) is 4.57 Å². The maximum Gasteiger partial charge on any atom is 0.327 e. The van der Waals surface area contributed by atoms with Gasteiger partial charge >= 0.3 is 14.7 Å². The van der Waals surface area contributed by atoms with Crippen LogP contribution in [0.4, 0.5) is 0 Å². The lowest BCUT2D eigenvalue weighted by molar-refractivity contribution is -0.143. The van der Waals surface area contributed by atoms with Gasteiger partial charge in [-0.3, -0.25) is 9.32 Å². The smallest absolute Gasteiger partial charge is 0.327 e. The first-order valence-electron chi connectivity index (χ1n) is 4.90. The Morgan fingerprint density at radius 3 is 2.47 bits per heavy atom. The fourth-order valence-corrected chi connectivity index (χ4v) is 1.82. The summed E-state index contributed by atoms with van der Waals surface area (Å²) in [6.45, 7) is 3.82. The van der Waals surface area contributed by atoms with Gasteiger partial charge < -0.3 is 10.8 Å². The SMILES string of the molecule is CC(N)CC(C)CC(COP=O)C(=O)O. The zero-order valence-corrected chi connectivity index (χ0v) is 9.94. The van der Waals surface area contributed by atoms with Crippen LogP contribution < -0.4 is 5.73 Å². The molecule has 0 aliphatic heterocycles. The largest absolute Gasteiger partial charge is 0.481 e. The Hall–Kier alpha value is -0.510. The molecule has 0 aliphatic rings. The first-order valence-corrected chi connectivity index (χ1v) is 5.63. The maximum absolute atomic E-state index is 10.8. The molecule has 0 saturated heterocycles. The molecule has 0 aromatic rings. The van der Waals surface area contributed by atoms with Crippen LogP contribution in [-0.4, -0.2) is 23.7 Å². The second-order valence-corrected chi connectivity index (χ2v) is 4.37. The van der Waals surface area contributed by atoms with Crippen LogP contribution in [0.3, 0.4) is 0 Å². The lowest BCUT2D eigenvalue weighted by Crippen LogP contribution is -2.24. The number of carbonyl (C=O) groups is 1. The van der Waals surface area contributed by atoms with E-state index in [9.17, 15) is 9.36 Å². The summed E-state index contributed by atoms with van der Waals surface area (Å²) in [6, 6.07) is 0.0630. The molecule has 15 heavy (non-hydrogen) atoms. The van der Waals surface area contributed by atoms with E-state index in [1.54, 1.807) is 0 Å². The molecular weight excluding hydrogens is 217 g/mol. The van der Waals surface area contributed by atoms with E-state index in [1.165, 1.54) is 0 Å². The molecule has 0 aliphatic carbocycles. The minimum absolute atomic E-state index is 0.0241. The van der Waals surface area contributed by atoms with Crippen LogP contribution in [0, 0.1) is 11.8 Å². The highest BCUT2D eigenvalue weighted by Gasteiger charge is 2.21. The summed E-state index contributed by atoms with van der Waals surface area (Å²) in [4.78, 5) is 10.8. The number of hydrogen-bond donors (Lipinski definition) is 2. The minimum Gasteiger partial charge on any atom is -0.481 e. The lowest BCUT2D eigenvalue weighted by atomic mass is 9.92. The summed E-state index contributed by atoms with van der Waals surface area (Å²) in [5.74, 6) is -1.31. The molecule has 0 radical (unpaired) electrons.